The number of aryl methyl sites for hydroxylation is 4. The summed E-state index contributed by atoms with van der Waals surface area (Å²) in [5, 5.41) is 5.73. The molecule has 0 spiro atoms. The van der Waals surface area contributed by atoms with Gasteiger partial charge in [0.05, 0.1) is 11.6 Å². The Bertz CT molecular complexity index is 968. The summed E-state index contributed by atoms with van der Waals surface area (Å²) < 4.78 is 3.56. The van der Waals surface area contributed by atoms with Crippen molar-refractivity contribution in [2.45, 2.75) is 38.4 Å². The number of hydrogen-bond acceptors (Lipinski definition) is 5. The van der Waals surface area contributed by atoms with E-state index in [1.807, 2.05) is 38.0 Å². The third-order valence-electron chi connectivity index (χ3n) is 4.16. The minimum Gasteiger partial charge on any atom is -0.283 e. The Labute approximate surface area is 155 Å². The molecule has 0 aliphatic heterocycles. The van der Waals surface area contributed by atoms with Gasteiger partial charge in [0.25, 0.3) is 5.56 Å². The summed E-state index contributed by atoms with van der Waals surface area (Å²) in [6.07, 6.45) is 7.69. The Balaban J connectivity index is 1.80. The van der Waals surface area contributed by atoms with Gasteiger partial charge in [0.15, 0.2) is 5.16 Å². The second-order valence-corrected chi connectivity index (χ2v) is 8.30. The molecule has 25 heavy (non-hydrogen) atoms. The zero-order valence-corrected chi connectivity index (χ0v) is 16.4. The molecular formula is C18H22N4OS2. The average molecular weight is 375 g/mol. The lowest BCUT2D eigenvalue weighted by molar-refractivity contribution is 0.672. The summed E-state index contributed by atoms with van der Waals surface area (Å²) in [5.41, 5.74) is 2.32. The van der Waals surface area contributed by atoms with Crippen LogP contribution in [0.1, 0.15) is 22.4 Å². The quantitative estimate of drug-likeness (QED) is 0.274. The molecular weight excluding hydrogens is 352 g/mol. The fraction of sp³-hybridized carbons (Fsp3) is 0.389. The SMILES string of the molecule is C=CCn1c(SCCCc2cnn(C)c2)nc2sc(C)c(C)c2c1=O. The smallest absolute Gasteiger partial charge is 0.263 e. The molecule has 0 aromatic carbocycles. The molecule has 0 radical (unpaired) electrons. The highest BCUT2D eigenvalue weighted by molar-refractivity contribution is 7.99. The molecule has 0 atom stereocenters. The van der Waals surface area contributed by atoms with Crippen LogP contribution in [0.3, 0.4) is 0 Å². The van der Waals surface area contributed by atoms with Gasteiger partial charge in [-0.05, 0) is 37.8 Å². The first-order chi connectivity index (χ1) is 12.0. The van der Waals surface area contributed by atoms with Crippen LogP contribution in [0.15, 0.2) is 35.0 Å². The first-order valence-corrected chi connectivity index (χ1v) is 10.0. The third-order valence-corrected chi connectivity index (χ3v) is 6.33. The van der Waals surface area contributed by atoms with E-state index in [2.05, 4.69) is 11.7 Å². The number of nitrogens with zero attached hydrogens (tertiary/aromatic N) is 4. The summed E-state index contributed by atoms with van der Waals surface area (Å²) in [4.78, 5) is 19.7. The maximum absolute atomic E-state index is 12.9. The van der Waals surface area contributed by atoms with Gasteiger partial charge in [-0.3, -0.25) is 14.0 Å². The maximum Gasteiger partial charge on any atom is 0.263 e. The van der Waals surface area contributed by atoms with Crippen LogP contribution in [0.2, 0.25) is 0 Å². The second-order valence-electron chi connectivity index (χ2n) is 6.04. The summed E-state index contributed by atoms with van der Waals surface area (Å²) in [6, 6.07) is 0. The Morgan fingerprint density at radius 1 is 1.40 bits per heavy atom. The Morgan fingerprint density at radius 3 is 2.88 bits per heavy atom. The van der Waals surface area contributed by atoms with E-state index in [9.17, 15) is 4.79 Å². The van der Waals surface area contributed by atoms with Gasteiger partial charge in [-0.25, -0.2) is 4.98 Å². The lowest BCUT2D eigenvalue weighted by Crippen LogP contribution is -2.22. The fourth-order valence-electron chi connectivity index (χ4n) is 2.75. The van der Waals surface area contributed by atoms with Gasteiger partial charge in [0.1, 0.15) is 4.83 Å². The lowest BCUT2D eigenvalue weighted by Gasteiger charge is -2.10. The molecule has 0 aliphatic rings. The summed E-state index contributed by atoms with van der Waals surface area (Å²) in [5.74, 6) is 0.910. The molecule has 0 unspecified atom stereocenters. The highest BCUT2D eigenvalue weighted by Gasteiger charge is 2.16. The van der Waals surface area contributed by atoms with Crippen LogP contribution in [-0.2, 0) is 20.0 Å². The van der Waals surface area contributed by atoms with E-state index in [1.54, 1.807) is 33.7 Å². The monoisotopic (exact) mass is 374 g/mol. The zero-order chi connectivity index (χ0) is 18.0. The Kier molecular flexibility index (Phi) is 5.44. The number of hydrogen-bond donors (Lipinski definition) is 0. The Hall–Kier alpha value is -1.86. The molecule has 0 saturated heterocycles. The molecule has 3 aromatic rings. The highest BCUT2D eigenvalue weighted by Crippen LogP contribution is 2.28. The largest absolute Gasteiger partial charge is 0.283 e. The number of thioether (sulfide) groups is 1. The van der Waals surface area contributed by atoms with Gasteiger partial charge in [-0.2, -0.15) is 5.10 Å². The van der Waals surface area contributed by atoms with E-state index < -0.39 is 0 Å². The minimum atomic E-state index is 0.0431. The minimum absolute atomic E-state index is 0.0431. The van der Waals surface area contributed by atoms with Crippen LogP contribution in [0.5, 0.6) is 0 Å². The predicted octanol–water partition coefficient (Wildman–Crippen LogP) is 3.72. The van der Waals surface area contributed by atoms with Crippen molar-refractivity contribution in [3.05, 3.63) is 51.4 Å². The molecule has 3 rings (SSSR count). The normalized spacial score (nSPS) is 11.3. The van der Waals surface area contributed by atoms with Gasteiger partial charge < -0.3 is 0 Å². The van der Waals surface area contributed by atoms with Crippen molar-refractivity contribution in [2.75, 3.05) is 5.75 Å². The number of allylic oxidation sites excluding steroid dienone is 1. The van der Waals surface area contributed by atoms with Crippen LogP contribution in [0, 0.1) is 13.8 Å². The lowest BCUT2D eigenvalue weighted by atomic mass is 10.2. The molecule has 0 saturated carbocycles. The third kappa shape index (κ3) is 3.72. The number of thiophene rings is 1. The van der Waals surface area contributed by atoms with Crippen LogP contribution >= 0.6 is 23.1 Å². The van der Waals surface area contributed by atoms with Gasteiger partial charge in [-0.15, -0.1) is 17.9 Å². The molecule has 3 heterocycles. The van der Waals surface area contributed by atoms with Crippen molar-refractivity contribution < 1.29 is 0 Å². The molecule has 0 fully saturated rings. The van der Waals surface area contributed by atoms with Crippen LogP contribution < -0.4 is 5.56 Å². The van der Waals surface area contributed by atoms with Gasteiger partial charge >= 0.3 is 0 Å². The van der Waals surface area contributed by atoms with Crippen LogP contribution in [0.4, 0.5) is 0 Å². The van der Waals surface area contributed by atoms with E-state index in [-0.39, 0.29) is 5.56 Å². The molecule has 5 nitrogen and oxygen atoms in total. The second kappa shape index (κ2) is 7.58. The topological polar surface area (TPSA) is 52.7 Å². The number of fused-ring (bicyclic) bond motifs is 1. The highest BCUT2D eigenvalue weighted by atomic mass is 32.2. The van der Waals surface area contributed by atoms with Gasteiger partial charge in [0, 0.05) is 30.4 Å². The van der Waals surface area contributed by atoms with Gasteiger partial charge in [-0.1, -0.05) is 17.8 Å². The van der Waals surface area contributed by atoms with E-state index in [1.165, 1.54) is 5.56 Å². The first-order valence-electron chi connectivity index (χ1n) is 8.23. The first kappa shape index (κ1) is 17.9. The fourth-order valence-corrected chi connectivity index (χ4v) is 4.77. The van der Waals surface area contributed by atoms with Gasteiger partial charge in [0.2, 0.25) is 0 Å². The molecule has 0 N–H and O–H groups in total. The van der Waals surface area contributed by atoms with Crippen molar-refractivity contribution in [1.82, 2.24) is 19.3 Å². The van der Waals surface area contributed by atoms with E-state index >= 15 is 0 Å². The molecule has 0 amide bonds. The predicted molar refractivity (Wildman–Crippen MR) is 106 cm³/mol. The zero-order valence-electron chi connectivity index (χ0n) is 14.8. The standard InChI is InChI=1S/C18H22N4OS2/c1-5-8-22-17(23)15-12(2)13(3)25-16(15)20-18(22)24-9-6-7-14-10-19-21(4)11-14/h5,10-11H,1,6-9H2,2-4H3. The van der Waals surface area contributed by atoms with Crippen molar-refractivity contribution in [1.29, 1.82) is 0 Å². The van der Waals surface area contributed by atoms with Crippen LogP contribution in [0.25, 0.3) is 10.2 Å². The van der Waals surface area contributed by atoms with E-state index in [4.69, 9.17) is 4.98 Å². The van der Waals surface area contributed by atoms with Crippen molar-refractivity contribution >= 4 is 33.3 Å². The number of rotatable bonds is 7. The molecule has 7 heteroatoms. The molecule has 3 aromatic heterocycles. The molecule has 132 valence electrons. The van der Waals surface area contributed by atoms with Crippen molar-refractivity contribution in [2.24, 2.45) is 7.05 Å². The Morgan fingerprint density at radius 2 is 2.20 bits per heavy atom. The van der Waals surface area contributed by atoms with Crippen molar-refractivity contribution in [3.8, 4) is 0 Å². The van der Waals surface area contributed by atoms with E-state index in [0.29, 0.717) is 6.54 Å². The van der Waals surface area contributed by atoms with Crippen molar-refractivity contribution in [3.63, 3.8) is 0 Å². The summed E-state index contributed by atoms with van der Waals surface area (Å²) in [6.45, 7) is 8.31. The molecule has 0 bridgehead atoms. The summed E-state index contributed by atoms with van der Waals surface area (Å²) >= 11 is 3.24. The van der Waals surface area contributed by atoms with E-state index in [0.717, 1.165) is 44.4 Å². The van der Waals surface area contributed by atoms with Crippen LogP contribution in [-0.4, -0.2) is 25.1 Å². The average Bonchev–Trinajstić information content (AvgIpc) is 3.11. The number of aromatic nitrogens is 4. The summed E-state index contributed by atoms with van der Waals surface area (Å²) in [7, 11) is 1.93. The molecule has 0 aliphatic carbocycles. The maximum atomic E-state index is 12.9.